The van der Waals surface area contributed by atoms with Gasteiger partial charge in [-0.25, -0.2) is 0 Å². The summed E-state index contributed by atoms with van der Waals surface area (Å²) >= 11 is 0. The second-order valence-electron chi connectivity index (χ2n) is 4.76. The minimum atomic E-state index is -0.173. The zero-order valence-electron chi connectivity index (χ0n) is 9.16. The van der Waals surface area contributed by atoms with Crippen LogP contribution >= 0.6 is 0 Å². The summed E-state index contributed by atoms with van der Waals surface area (Å²) in [5.74, 6) is 0.773. The average molecular weight is 185 g/mol. The zero-order chi connectivity index (χ0) is 9.84. The highest BCUT2D eigenvalue weighted by molar-refractivity contribution is 4.85. The molecule has 1 rings (SSSR count). The minimum absolute atomic E-state index is 0.173. The molecular weight excluding hydrogens is 162 g/mol. The SMILES string of the molecule is CC(C)CCN(C[C@H](C)O)C1CC1. The van der Waals surface area contributed by atoms with Crippen molar-refractivity contribution in [2.75, 3.05) is 13.1 Å². The second-order valence-corrected chi connectivity index (χ2v) is 4.76. The van der Waals surface area contributed by atoms with Gasteiger partial charge in [-0.3, -0.25) is 4.90 Å². The molecule has 0 bridgehead atoms. The molecule has 2 heteroatoms. The van der Waals surface area contributed by atoms with Crippen molar-refractivity contribution in [1.82, 2.24) is 4.90 Å². The van der Waals surface area contributed by atoms with Crippen LogP contribution in [0.3, 0.4) is 0 Å². The van der Waals surface area contributed by atoms with Gasteiger partial charge < -0.3 is 5.11 Å². The summed E-state index contributed by atoms with van der Waals surface area (Å²) in [6.07, 6.45) is 3.76. The molecule has 0 saturated heterocycles. The Morgan fingerprint density at radius 3 is 2.31 bits per heavy atom. The smallest absolute Gasteiger partial charge is 0.0639 e. The predicted octanol–water partition coefficient (Wildman–Crippen LogP) is 1.88. The number of nitrogens with zero attached hydrogens (tertiary/aromatic N) is 1. The van der Waals surface area contributed by atoms with Crippen LogP contribution in [-0.4, -0.2) is 35.2 Å². The van der Waals surface area contributed by atoms with Gasteiger partial charge >= 0.3 is 0 Å². The molecule has 0 radical (unpaired) electrons. The van der Waals surface area contributed by atoms with E-state index >= 15 is 0 Å². The molecule has 0 heterocycles. The lowest BCUT2D eigenvalue weighted by Crippen LogP contribution is -2.34. The molecule has 0 spiro atoms. The maximum absolute atomic E-state index is 9.32. The van der Waals surface area contributed by atoms with Crippen LogP contribution in [0.15, 0.2) is 0 Å². The maximum Gasteiger partial charge on any atom is 0.0639 e. The Bertz CT molecular complexity index is 141. The molecule has 1 atom stereocenters. The summed E-state index contributed by atoms with van der Waals surface area (Å²) in [6.45, 7) is 8.41. The molecule has 1 fully saturated rings. The Balaban J connectivity index is 2.21. The number of hydrogen-bond donors (Lipinski definition) is 1. The van der Waals surface area contributed by atoms with E-state index in [-0.39, 0.29) is 6.10 Å². The van der Waals surface area contributed by atoms with Crippen LogP contribution in [0.5, 0.6) is 0 Å². The number of aliphatic hydroxyl groups is 1. The summed E-state index contributed by atoms with van der Waals surface area (Å²) in [5.41, 5.74) is 0. The molecule has 0 aromatic heterocycles. The van der Waals surface area contributed by atoms with Gasteiger partial charge in [0.25, 0.3) is 0 Å². The highest BCUT2D eigenvalue weighted by Crippen LogP contribution is 2.27. The van der Waals surface area contributed by atoms with Crippen molar-refractivity contribution in [3.8, 4) is 0 Å². The Morgan fingerprint density at radius 2 is 1.92 bits per heavy atom. The van der Waals surface area contributed by atoms with Gasteiger partial charge in [0.05, 0.1) is 6.10 Å². The standard InChI is InChI=1S/C11H23NO/c1-9(2)6-7-12(8-10(3)13)11-4-5-11/h9-11,13H,4-8H2,1-3H3/t10-/m0/s1. The quantitative estimate of drug-likeness (QED) is 0.683. The summed E-state index contributed by atoms with van der Waals surface area (Å²) < 4.78 is 0. The Kier molecular flexibility index (Phi) is 4.20. The molecule has 78 valence electrons. The zero-order valence-corrected chi connectivity index (χ0v) is 9.16. The van der Waals surface area contributed by atoms with E-state index in [1.165, 1.54) is 19.3 Å². The van der Waals surface area contributed by atoms with E-state index in [0.717, 1.165) is 25.0 Å². The number of aliphatic hydroxyl groups excluding tert-OH is 1. The van der Waals surface area contributed by atoms with E-state index in [0.29, 0.717) is 0 Å². The third kappa shape index (κ3) is 4.63. The lowest BCUT2D eigenvalue weighted by atomic mass is 10.1. The molecular formula is C11H23NO. The first-order chi connectivity index (χ1) is 6.09. The van der Waals surface area contributed by atoms with E-state index in [1.54, 1.807) is 0 Å². The maximum atomic E-state index is 9.32. The van der Waals surface area contributed by atoms with Gasteiger partial charge in [-0.1, -0.05) is 13.8 Å². The van der Waals surface area contributed by atoms with Crippen LogP contribution in [0, 0.1) is 5.92 Å². The Labute approximate surface area is 81.9 Å². The van der Waals surface area contributed by atoms with Crippen molar-refractivity contribution in [2.24, 2.45) is 5.92 Å². The van der Waals surface area contributed by atoms with Gasteiger partial charge in [-0.05, 0) is 38.6 Å². The summed E-state index contributed by atoms with van der Waals surface area (Å²) in [6, 6.07) is 0.786. The molecule has 0 amide bonds. The minimum Gasteiger partial charge on any atom is -0.392 e. The van der Waals surface area contributed by atoms with Gasteiger partial charge in [0.2, 0.25) is 0 Å². The third-order valence-electron chi connectivity index (χ3n) is 2.56. The second kappa shape index (κ2) is 4.97. The molecule has 0 aliphatic heterocycles. The molecule has 1 N–H and O–H groups in total. The molecule has 1 aliphatic rings. The van der Waals surface area contributed by atoms with Gasteiger partial charge in [0.1, 0.15) is 0 Å². The van der Waals surface area contributed by atoms with Crippen LogP contribution in [0.1, 0.15) is 40.0 Å². The van der Waals surface area contributed by atoms with Crippen LogP contribution in [0.4, 0.5) is 0 Å². The van der Waals surface area contributed by atoms with Crippen molar-refractivity contribution >= 4 is 0 Å². The highest BCUT2D eigenvalue weighted by atomic mass is 16.3. The largest absolute Gasteiger partial charge is 0.392 e. The normalized spacial score (nSPS) is 19.8. The van der Waals surface area contributed by atoms with Crippen molar-refractivity contribution in [1.29, 1.82) is 0 Å². The summed E-state index contributed by atoms with van der Waals surface area (Å²) in [7, 11) is 0. The predicted molar refractivity (Wildman–Crippen MR) is 55.7 cm³/mol. The molecule has 0 aromatic rings. The van der Waals surface area contributed by atoms with Crippen molar-refractivity contribution in [3.63, 3.8) is 0 Å². The fourth-order valence-corrected chi connectivity index (χ4v) is 1.63. The van der Waals surface area contributed by atoms with Gasteiger partial charge in [-0.2, -0.15) is 0 Å². The van der Waals surface area contributed by atoms with E-state index in [9.17, 15) is 5.11 Å². The van der Waals surface area contributed by atoms with E-state index in [4.69, 9.17) is 0 Å². The molecule has 0 aromatic carbocycles. The fraction of sp³-hybridized carbons (Fsp3) is 1.00. The monoisotopic (exact) mass is 185 g/mol. The molecule has 1 aliphatic carbocycles. The first kappa shape index (κ1) is 11.0. The fourth-order valence-electron chi connectivity index (χ4n) is 1.63. The molecule has 13 heavy (non-hydrogen) atoms. The molecule has 0 unspecified atom stereocenters. The number of rotatable bonds is 6. The van der Waals surface area contributed by atoms with Gasteiger partial charge in [0.15, 0.2) is 0 Å². The van der Waals surface area contributed by atoms with Crippen molar-refractivity contribution < 1.29 is 5.11 Å². The van der Waals surface area contributed by atoms with E-state index in [1.807, 2.05) is 6.92 Å². The average Bonchev–Trinajstić information content (AvgIpc) is 2.78. The van der Waals surface area contributed by atoms with Gasteiger partial charge in [-0.15, -0.1) is 0 Å². The third-order valence-corrected chi connectivity index (χ3v) is 2.56. The first-order valence-electron chi connectivity index (χ1n) is 5.51. The van der Waals surface area contributed by atoms with E-state index in [2.05, 4.69) is 18.7 Å². The first-order valence-corrected chi connectivity index (χ1v) is 5.51. The van der Waals surface area contributed by atoms with Crippen LogP contribution in [0.2, 0.25) is 0 Å². The Hall–Kier alpha value is -0.0800. The van der Waals surface area contributed by atoms with Crippen LogP contribution in [0.25, 0.3) is 0 Å². The lowest BCUT2D eigenvalue weighted by Gasteiger charge is -2.24. The van der Waals surface area contributed by atoms with E-state index < -0.39 is 0 Å². The summed E-state index contributed by atoms with van der Waals surface area (Å²) in [4.78, 5) is 2.45. The molecule has 1 saturated carbocycles. The van der Waals surface area contributed by atoms with Crippen molar-refractivity contribution in [3.05, 3.63) is 0 Å². The number of hydrogen-bond acceptors (Lipinski definition) is 2. The molecule has 2 nitrogen and oxygen atoms in total. The van der Waals surface area contributed by atoms with Gasteiger partial charge in [0, 0.05) is 12.6 Å². The van der Waals surface area contributed by atoms with Crippen LogP contribution < -0.4 is 0 Å². The van der Waals surface area contributed by atoms with Crippen molar-refractivity contribution in [2.45, 2.75) is 52.2 Å². The Morgan fingerprint density at radius 1 is 1.31 bits per heavy atom. The lowest BCUT2D eigenvalue weighted by molar-refractivity contribution is 0.118. The highest BCUT2D eigenvalue weighted by Gasteiger charge is 2.29. The summed E-state index contributed by atoms with van der Waals surface area (Å²) in [5, 5.41) is 9.32. The van der Waals surface area contributed by atoms with Crippen LogP contribution in [-0.2, 0) is 0 Å². The topological polar surface area (TPSA) is 23.5 Å².